The topological polar surface area (TPSA) is 128 Å². The van der Waals surface area contributed by atoms with Crippen molar-refractivity contribution in [2.45, 2.75) is 6.54 Å². The third-order valence-electron chi connectivity index (χ3n) is 4.27. The molecule has 0 spiro atoms. The Kier molecular flexibility index (Phi) is 4.93. The highest BCUT2D eigenvalue weighted by Crippen LogP contribution is 2.31. The van der Waals surface area contributed by atoms with Crippen LogP contribution >= 0.6 is 0 Å². The number of benzene rings is 2. The Balaban J connectivity index is 1.65. The summed E-state index contributed by atoms with van der Waals surface area (Å²) in [6.07, 6.45) is 0.269. The molecule has 0 fully saturated rings. The molecular formula is C20H18N6O3. The molecule has 0 unspecified atom stereocenters. The predicted octanol–water partition coefficient (Wildman–Crippen LogP) is 3.14. The molecule has 9 heteroatoms. The number of ether oxygens (including phenoxy) is 1. The molecule has 4 aromatic rings. The smallest absolute Gasteiger partial charge is 0.404 e. The average molecular weight is 390 g/mol. The molecule has 0 saturated heterocycles. The van der Waals surface area contributed by atoms with E-state index in [1.54, 1.807) is 4.68 Å². The molecule has 2 heterocycles. The molecule has 0 aliphatic heterocycles. The Morgan fingerprint density at radius 3 is 2.52 bits per heavy atom. The van der Waals surface area contributed by atoms with Crippen molar-refractivity contribution in [3.05, 3.63) is 60.9 Å². The number of nitrogens with one attached hydrogen (secondary N) is 1. The van der Waals surface area contributed by atoms with Crippen LogP contribution in [0.1, 0.15) is 0 Å². The summed E-state index contributed by atoms with van der Waals surface area (Å²) in [5.41, 5.74) is 8.07. The van der Waals surface area contributed by atoms with Crippen LogP contribution in [0.4, 0.5) is 10.6 Å². The number of para-hydroxylation sites is 1. The molecule has 4 N–H and O–H groups in total. The van der Waals surface area contributed by atoms with Gasteiger partial charge in [0, 0.05) is 12.1 Å². The number of aromatic nitrogens is 4. The van der Waals surface area contributed by atoms with Crippen LogP contribution in [0.25, 0.3) is 22.3 Å². The molecule has 0 radical (unpaired) electrons. The second-order valence-corrected chi connectivity index (χ2v) is 6.20. The molecule has 0 aliphatic rings. The lowest BCUT2D eigenvalue weighted by Gasteiger charge is -2.06. The van der Waals surface area contributed by atoms with E-state index >= 15 is 0 Å². The third kappa shape index (κ3) is 3.93. The standard InChI is InChI=1S/C20H18N6O3/c21-18-16-17(25-26(11-10-22-20(27)28)19(16)24-12-23-18)13-6-8-15(9-7-13)29-14-4-2-1-3-5-14/h1-9,12,22H,10-11H2,(H,27,28)(H2,21,23,24). The maximum absolute atomic E-state index is 10.7. The number of amides is 1. The molecule has 0 aliphatic carbocycles. The summed E-state index contributed by atoms with van der Waals surface area (Å²) in [5, 5.41) is 16.3. The number of nitrogens with zero attached hydrogens (tertiary/aromatic N) is 4. The maximum Gasteiger partial charge on any atom is 0.404 e. The number of carbonyl (C=O) groups is 1. The minimum atomic E-state index is -1.09. The van der Waals surface area contributed by atoms with Gasteiger partial charge in [0.15, 0.2) is 5.65 Å². The second-order valence-electron chi connectivity index (χ2n) is 6.20. The number of nitrogens with two attached hydrogens (primary N) is 1. The van der Waals surface area contributed by atoms with Gasteiger partial charge in [0.2, 0.25) is 0 Å². The minimum Gasteiger partial charge on any atom is -0.465 e. The number of hydrogen-bond acceptors (Lipinski definition) is 6. The summed E-state index contributed by atoms with van der Waals surface area (Å²) in [4.78, 5) is 19.0. The van der Waals surface area contributed by atoms with E-state index in [9.17, 15) is 4.79 Å². The number of nitrogen functional groups attached to an aromatic ring is 1. The highest BCUT2D eigenvalue weighted by atomic mass is 16.5. The number of rotatable bonds is 6. The van der Waals surface area contributed by atoms with Crippen molar-refractivity contribution in [1.29, 1.82) is 0 Å². The molecule has 29 heavy (non-hydrogen) atoms. The van der Waals surface area contributed by atoms with Crippen molar-refractivity contribution >= 4 is 22.9 Å². The Morgan fingerprint density at radius 1 is 1.07 bits per heavy atom. The maximum atomic E-state index is 10.7. The minimum absolute atomic E-state index is 0.194. The first-order chi connectivity index (χ1) is 14.1. The van der Waals surface area contributed by atoms with E-state index in [0.717, 1.165) is 11.3 Å². The van der Waals surface area contributed by atoms with Crippen LogP contribution in [-0.2, 0) is 6.54 Å². The van der Waals surface area contributed by atoms with Gasteiger partial charge in [0.25, 0.3) is 0 Å². The van der Waals surface area contributed by atoms with Crippen molar-refractivity contribution in [3.63, 3.8) is 0 Å². The third-order valence-corrected chi connectivity index (χ3v) is 4.27. The normalized spacial score (nSPS) is 10.8. The summed E-state index contributed by atoms with van der Waals surface area (Å²) < 4.78 is 7.44. The zero-order chi connectivity index (χ0) is 20.2. The molecule has 2 aromatic carbocycles. The van der Waals surface area contributed by atoms with Gasteiger partial charge in [-0.2, -0.15) is 5.10 Å². The van der Waals surface area contributed by atoms with E-state index in [1.807, 2.05) is 54.6 Å². The first kappa shape index (κ1) is 18.2. The van der Waals surface area contributed by atoms with E-state index in [-0.39, 0.29) is 6.54 Å². The van der Waals surface area contributed by atoms with Gasteiger partial charge in [0.1, 0.15) is 29.3 Å². The number of fused-ring (bicyclic) bond motifs is 1. The van der Waals surface area contributed by atoms with Crippen LogP contribution in [0, 0.1) is 0 Å². The number of hydrogen-bond donors (Lipinski definition) is 3. The average Bonchev–Trinajstić information content (AvgIpc) is 3.09. The van der Waals surface area contributed by atoms with Crippen molar-refractivity contribution < 1.29 is 14.6 Å². The Hall–Kier alpha value is -4.14. The van der Waals surface area contributed by atoms with Gasteiger partial charge in [-0.05, 0) is 36.4 Å². The van der Waals surface area contributed by atoms with E-state index in [4.69, 9.17) is 15.6 Å². The van der Waals surface area contributed by atoms with E-state index in [0.29, 0.717) is 34.8 Å². The molecule has 0 saturated carbocycles. The van der Waals surface area contributed by atoms with Crippen LogP contribution < -0.4 is 15.8 Å². The first-order valence-corrected chi connectivity index (χ1v) is 8.89. The summed E-state index contributed by atoms with van der Waals surface area (Å²) >= 11 is 0. The van der Waals surface area contributed by atoms with E-state index < -0.39 is 6.09 Å². The summed E-state index contributed by atoms with van der Waals surface area (Å²) in [7, 11) is 0. The molecule has 9 nitrogen and oxygen atoms in total. The number of carboxylic acid groups (broad SMARTS) is 1. The number of anilines is 1. The van der Waals surface area contributed by atoms with E-state index in [2.05, 4.69) is 20.4 Å². The lowest BCUT2D eigenvalue weighted by atomic mass is 10.1. The highest BCUT2D eigenvalue weighted by Gasteiger charge is 2.17. The SMILES string of the molecule is Nc1ncnc2c1c(-c1ccc(Oc3ccccc3)cc1)nn2CCNC(=O)O. The quantitative estimate of drug-likeness (QED) is 0.461. The largest absolute Gasteiger partial charge is 0.465 e. The van der Waals surface area contributed by atoms with Gasteiger partial charge in [-0.15, -0.1) is 0 Å². The zero-order valence-electron chi connectivity index (χ0n) is 15.3. The van der Waals surface area contributed by atoms with Crippen LogP contribution in [0.15, 0.2) is 60.9 Å². The van der Waals surface area contributed by atoms with Gasteiger partial charge in [-0.3, -0.25) is 0 Å². The van der Waals surface area contributed by atoms with E-state index in [1.165, 1.54) is 6.33 Å². The summed E-state index contributed by atoms with van der Waals surface area (Å²) in [6, 6.07) is 17.0. The lowest BCUT2D eigenvalue weighted by Crippen LogP contribution is -2.25. The van der Waals surface area contributed by atoms with Gasteiger partial charge >= 0.3 is 6.09 Å². The molecule has 2 aromatic heterocycles. The van der Waals surface area contributed by atoms with Crippen LogP contribution in [0.3, 0.4) is 0 Å². The zero-order valence-corrected chi connectivity index (χ0v) is 15.3. The van der Waals surface area contributed by atoms with Gasteiger partial charge in [-0.25, -0.2) is 19.4 Å². The van der Waals surface area contributed by atoms with Crippen molar-refractivity contribution in [2.24, 2.45) is 0 Å². The Labute approximate surface area is 165 Å². The lowest BCUT2D eigenvalue weighted by molar-refractivity contribution is 0.194. The molecule has 0 bridgehead atoms. The van der Waals surface area contributed by atoms with Crippen LogP contribution in [0.5, 0.6) is 11.5 Å². The van der Waals surface area contributed by atoms with Crippen molar-refractivity contribution in [2.75, 3.05) is 12.3 Å². The van der Waals surface area contributed by atoms with Gasteiger partial charge in [-0.1, -0.05) is 18.2 Å². The molecule has 4 rings (SSSR count). The monoisotopic (exact) mass is 390 g/mol. The molecule has 146 valence electrons. The Bertz CT molecular complexity index is 1140. The fourth-order valence-corrected chi connectivity index (χ4v) is 2.96. The van der Waals surface area contributed by atoms with Crippen molar-refractivity contribution in [3.8, 4) is 22.8 Å². The summed E-state index contributed by atoms with van der Waals surface area (Å²) in [5.74, 6) is 1.75. The van der Waals surface area contributed by atoms with Gasteiger partial charge in [0.05, 0.1) is 11.9 Å². The molecule has 1 amide bonds. The van der Waals surface area contributed by atoms with Crippen LogP contribution in [0.2, 0.25) is 0 Å². The first-order valence-electron chi connectivity index (χ1n) is 8.89. The van der Waals surface area contributed by atoms with Crippen LogP contribution in [-0.4, -0.2) is 37.5 Å². The fourth-order valence-electron chi connectivity index (χ4n) is 2.96. The fraction of sp³-hybridized carbons (Fsp3) is 0.100. The van der Waals surface area contributed by atoms with Gasteiger partial charge < -0.3 is 20.9 Å². The summed E-state index contributed by atoms with van der Waals surface area (Å²) in [6.45, 7) is 0.508. The molecule has 0 atom stereocenters. The highest BCUT2D eigenvalue weighted by molar-refractivity contribution is 5.98. The Morgan fingerprint density at radius 2 is 1.79 bits per heavy atom. The van der Waals surface area contributed by atoms with Crippen molar-refractivity contribution in [1.82, 2.24) is 25.1 Å². The second kappa shape index (κ2) is 7.85. The predicted molar refractivity (Wildman–Crippen MR) is 108 cm³/mol. The molecular weight excluding hydrogens is 372 g/mol.